The average Bonchev–Trinajstić information content (AvgIpc) is 3.06. The first-order chi connectivity index (χ1) is 14.1. The number of carbonyl (C=O) groups is 1. The van der Waals surface area contributed by atoms with E-state index in [1.807, 2.05) is 31.2 Å². The van der Waals surface area contributed by atoms with Gasteiger partial charge in [0.25, 0.3) is 0 Å². The molecule has 0 amide bonds. The highest BCUT2D eigenvalue weighted by Gasteiger charge is 2.15. The zero-order valence-electron chi connectivity index (χ0n) is 16.7. The molecule has 29 heavy (non-hydrogen) atoms. The Balaban J connectivity index is 1.86. The number of ether oxygens (including phenoxy) is 2. The zero-order chi connectivity index (χ0) is 20.6. The van der Waals surface area contributed by atoms with Gasteiger partial charge < -0.3 is 14.0 Å². The molecule has 0 aliphatic carbocycles. The number of aryl methyl sites for hydroxylation is 1. The third-order valence-electron chi connectivity index (χ3n) is 4.36. The maximum atomic E-state index is 12.1. The Labute approximate surface area is 180 Å². The van der Waals surface area contributed by atoms with Crippen LogP contribution in [0, 0.1) is 0 Å². The number of rotatable bonds is 10. The summed E-state index contributed by atoms with van der Waals surface area (Å²) in [5.74, 6) is 0.438. The molecule has 3 rings (SSSR count). The average molecular weight is 433 g/mol. The summed E-state index contributed by atoms with van der Waals surface area (Å²) in [5.41, 5.74) is 3.45. The Morgan fingerprint density at radius 2 is 2.03 bits per heavy atom. The fourth-order valence-corrected chi connectivity index (χ4v) is 4.22. The highest BCUT2D eigenvalue weighted by atomic mass is 35.5. The first kappa shape index (κ1) is 21.7. The number of nitrogens with zero attached hydrogens (tertiary/aromatic N) is 2. The maximum Gasteiger partial charge on any atom is 0.338 e. The van der Waals surface area contributed by atoms with Crippen LogP contribution in [0.3, 0.4) is 0 Å². The minimum atomic E-state index is -0.326. The van der Waals surface area contributed by atoms with Crippen LogP contribution in [0.25, 0.3) is 11.0 Å². The molecule has 0 saturated heterocycles. The quantitative estimate of drug-likeness (QED) is 0.237. The summed E-state index contributed by atoms with van der Waals surface area (Å²) < 4.78 is 12.8. The Morgan fingerprint density at radius 3 is 2.79 bits per heavy atom. The summed E-state index contributed by atoms with van der Waals surface area (Å²) in [4.78, 5) is 16.9. The third-order valence-corrected chi connectivity index (χ3v) is 5.64. The van der Waals surface area contributed by atoms with E-state index in [-0.39, 0.29) is 5.97 Å². The summed E-state index contributed by atoms with van der Waals surface area (Å²) >= 11 is 7.76. The van der Waals surface area contributed by atoms with Gasteiger partial charge in [-0.3, -0.25) is 0 Å². The van der Waals surface area contributed by atoms with Gasteiger partial charge in [-0.25, -0.2) is 9.78 Å². The lowest BCUT2D eigenvalue weighted by Gasteiger charge is -2.09. The van der Waals surface area contributed by atoms with Gasteiger partial charge in [0, 0.05) is 30.5 Å². The summed E-state index contributed by atoms with van der Waals surface area (Å²) in [6.07, 6.45) is 0.893. The molecule has 5 nitrogen and oxygen atoms in total. The second kappa shape index (κ2) is 10.7. The number of carbonyl (C=O) groups excluding carboxylic acids is 1. The van der Waals surface area contributed by atoms with Gasteiger partial charge in [-0.05, 0) is 56.2 Å². The van der Waals surface area contributed by atoms with Crippen molar-refractivity contribution in [3.8, 4) is 0 Å². The maximum absolute atomic E-state index is 12.1. The lowest BCUT2D eigenvalue weighted by Crippen LogP contribution is -2.05. The Bertz CT molecular complexity index is 974. The van der Waals surface area contributed by atoms with Gasteiger partial charge in [0.1, 0.15) is 0 Å². The molecular weight excluding hydrogens is 408 g/mol. The Hall–Kier alpha value is -2.02. The SMILES string of the molecule is CCOCCCn1c(SCc2cccc(Cl)c2)nc2cc(C(=O)OCC)ccc21. The zero-order valence-corrected chi connectivity index (χ0v) is 18.3. The lowest BCUT2D eigenvalue weighted by molar-refractivity contribution is 0.0526. The predicted molar refractivity (Wildman–Crippen MR) is 118 cm³/mol. The van der Waals surface area contributed by atoms with Crippen molar-refractivity contribution in [1.29, 1.82) is 0 Å². The number of halogens is 1. The number of hydrogen-bond donors (Lipinski definition) is 0. The highest BCUT2D eigenvalue weighted by Crippen LogP contribution is 2.28. The normalized spacial score (nSPS) is 11.1. The van der Waals surface area contributed by atoms with Crippen molar-refractivity contribution >= 4 is 40.4 Å². The van der Waals surface area contributed by atoms with Crippen LogP contribution in [-0.2, 0) is 21.8 Å². The van der Waals surface area contributed by atoms with Crippen molar-refractivity contribution in [2.75, 3.05) is 19.8 Å². The molecule has 0 aliphatic heterocycles. The summed E-state index contributed by atoms with van der Waals surface area (Å²) in [6, 6.07) is 13.4. The molecule has 2 aromatic carbocycles. The minimum absolute atomic E-state index is 0.326. The van der Waals surface area contributed by atoms with E-state index in [0.717, 1.165) is 45.5 Å². The number of aromatic nitrogens is 2. The molecule has 7 heteroatoms. The third kappa shape index (κ3) is 5.75. The van der Waals surface area contributed by atoms with Crippen LogP contribution in [0.4, 0.5) is 0 Å². The second-order valence-electron chi connectivity index (χ2n) is 6.44. The van der Waals surface area contributed by atoms with Gasteiger partial charge in [0.05, 0.1) is 23.2 Å². The van der Waals surface area contributed by atoms with Crippen molar-refractivity contribution in [3.63, 3.8) is 0 Å². The molecule has 154 valence electrons. The van der Waals surface area contributed by atoms with E-state index in [0.29, 0.717) is 25.4 Å². The standard InChI is InChI=1S/C22H25ClN2O3S/c1-3-27-12-6-11-25-20-10-9-17(21(26)28-4-2)14-19(20)24-22(25)29-15-16-7-5-8-18(23)13-16/h5,7-10,13-14H,3-4,6,11-12,15H2,1-2H3. The van der Waals surface area contributed by atoms with E-state index >= 15 is 0 Å². The summed E-state index contributed by atoms with van der Waals surface area (Å²) in [5, 5.41) is 1.64. The molecule has 1 heterocycles. The first-order valence-corrected chi connectivity index (χ1v) is 11.1. The molecule has 0 N–H and O–H groups in total. The topological polar surface area (TPSA) is 53.4 Å². The van der Waals surface area contributed by atoms with Crippen molar-refractivity contribution in [2.24, 2.45) is 0 Å². The highest BCUT2D eigenvalue weighted by molar-refractivity contribution is 7.98. The Morgan fingerprint density at radius 1 is 1.17 bits per heavy atom. The van der Waals surface area contributed by atoms with E-state index in [9.17, 15) is 4.79 Å². The Kier molecular flexibility index (Phi) is 7.98. The van der Waals surface area contributed by atoms with Crippen molar-refractivity contribution < 1.29 is 14.3 Å². The number of benzene rings is 2. The largest absolute Gasteiger partial charge is 0.462 e. The van der Waals surface area contributed by atoms with Gasteiger partial charge in [0.2, 0.25) is 0 Å². The van der Waals surface area contributed by atoms with Crippen molar-refractivity contribution in [3.05, 3.63) is 58.6 Å². The van der Waals surface area contributed by atoms with Gasteiger partial charge >= 0.3 is 5.97 Å². The van der Waals surface area contributed by atoms with Crippen LogP contribution < -0.4 is 0 Å². The number of esters is 1. The molecule has 1 aromatic heterocycles. The summed E-state index contributed by atoms with van der Waals surface area (Å²) in [6.45, 7) is 6.36. The van der Waals surface area contributed by atoms with Crippen molar-refractivity contribution in [1.82, 2.24) is 9.55 Å². The monoisotopic (exact) mass is 432 g/mol. The molecule has 0 unspecified atom stereocenters. The molecule has 0 fully saturated rings. The number of hydrogen-bond acceptors (Lipinski definition) is 5. The smallest absolute Gasteiger partial charge is 0.338 e. The minimum Gasteiger partial charge on any atom is -0.462 e. The van der Waals surface area contributed by atoms with Crippen LogP contribution in [0.15, 0.2) is 47.6 Å². The molecule has 0 radical (unpaired) electrons. The fraction of sp³-hybridized carbons (Fsp3) is 0.364. The molecule has 0 spiro atoms. The fourth-order valence-electron chi connectivity index (χ4n) is 3.02. The van der Waals surface area contributed by atoms with E-state index < -0.39 is 0 Å². The molecule has 0 aliphatic rings. The molecule has 0 saturated carbocycles. The van der Waals surface area contributed by atoms with Crippen molar-refractivity contribution in [2.45, 2.75) is 37.7 Å². The van der Waals surface area contributed by atoms with E-state index in [1.165, 1.54) is 0 Å². The van der Waals surface area contributed by atoms with Crippen LogP contribution in [0.5, 0.6) is 0 Å². The number of fused-ring (bicyclic) bond motifs is 1. The molecular formula is C22H25ClN2O3S. The van der Waals surface area contributed by atoms with Crippen LogP contribution in [-0.4, -0.2) is 35.3 Å². The number of thioether (sulfide) groups is 1. The van der Waals surface area contributed by atoms with E-state index in [1.54, 1.807) is 30.8 Å². The molecule has 0 atom stereocenters. The first-order valence-electron chi connectivity index (χ1n) is 9.74. The van der Waals surface area contributed by atoms with Gasteiger partial charge in [-0.1, -0.05) is 35.5 Å². The van der Waals surface area contributed by atoms with Crippen LogP contribution in [0.1, 0.15) is 36.2 Å². The van der Waals surface area contributed by atoms with Gasteiger partial charge in [-0.2, -0.15) is 0 Å². The summed E-state index contributed by atoms with van der Waals surface area (Å²) in [7, 11) is 0. The van der Waals surface area contributed by atoms with Gasteiger partial charge in [0.15, 0.2) is 5.16 Å². The number of imidazole rings is 1. The second-order valence-corrected chi connectivity index (χ2v) is 7.82. The van der Waals surface area contributed by atoms with Crippen LogP contribution >= 0.6 is 23.4 Å². The molecule has 3 aromatic rings. The van der Waals surface area contributed by atoms with E-state index in [2.05, 4.69) is 10.6 Å². The predicted octanol–water partition coefficient (Wildman–Crippen LogP) is 5.59. The van der Waals surface area contributed by atoms with Gasteiger partial charge in [-0.15, -0.1) is 0 Å². The van der Waals surface area contributed by atoms with Crippen LogP contribution in [0.2, 0.25) is 5.02 Å². The lowest BCUT2D eigenvalue weighted by atomic mass is 10.2. The van der Waals surface area contributed by atoms with E-state index in [4.69, 9.17) is 26.1 Å². The molecule has 0 bridgehead atoms.